The number of carbonyl (C=O) groups excluding carboxylic acids is 1. The van der Waals surface area contributed by atoms with E-state index in [1.807, 2.05) is 42.5 Å². The van der Waals surface area contributed by atoms with Gasteiger partial charge >= 0.3 is 0 Å². The molecule has 0 saturated carbocycles. The lowest BCUT2D eigenvalue weighted by molar-refractivity contribution is 0.0945. The molecule has 0 aliphatic rings. The Morgan fingerprint density at radius 3 is 2.63 bits per heavy atom. The van der Waals surface area contributed by atoms with Crippen molar-refractivity contribution in [3.8, 4) is 5.75 Å². The third-order valence-corrected chi connectivity index (χ3v) is 4.32. The van der Waals surface area contributed by atoms with Crippen LogP contribution >= 0.6 is 11.6 Å². The lowest BCUT2D eigenvalue weighted by Crippen LogP contribution is -2.26. The highest BCUT2D eigenvalue weighted by Gasteiger charge is 2.11. The lowest BCUT2D eigenvalue weighted by atomic mass is 10.1. The molecular weight excluding hydrogens is 366 g/mol. The van der Waals surface area contributed by atoms with Gasteiger partial charge < -0.3 is 15.0 Å². The molecule has 0 bridgehead atoms. The number of benzene rings is 2. The summed E-state index contributed by atoms with van der Waals surface area (Å²) >= 11 is 6.09. The normalized spacial score (nSPS) is 10.4. The Kier molecular flexibility index (Phi) is 5.88. The minimum Gasteiger partial charge on any atom is -0.497 e. The lowest BCUT2D eigenvalue weighted by Gasteiger charge is -2.08. The Hall–Kier alpha value is -3.12. The van der Waals surface area contributed by atoms with Gasteiger partial charge in [0.25, 0.3) is 11.5 Å². The molecule has 0 atom stereocenters. The predicted molar refractivity (Wildman–Crippen MR) is 103 cm³/mol. The van der Waals surface area contributed by atoms with Crippen LogP contribution in [0.2, 0.25) is 5.02 Å². The Morgan fingerprint density at radius 1 is 1.19 bits per heavy atom. The predicted octanol–water partition coefficient (Wildman–Crippen LogP) is 2.95. The summed E-state index contributed by atoms with van der Waals surface area (Å²) in [4.78, 5) is 31.2. The zero-order chi connectivity index (χ0) is 19.2. The van der Waals surface area contributed by atoms with Crippen LogP contribution in [0.5, 0.6) is 5.75 Å². The van der Waals surface area contributed by atoms with Crippen LogP contribution in [0.3, 0.4) is 0 Å². The van der Waals surface area contributed by atoms with Crippen molar-refractivity contribution in [2.24, 2.45) is 0 Å². The van der Waals surface area contributed by atoms with Crippen LogP contribution < -0.4 is 15.6 Å². The maximum atomic E-state index is 12.4. The smallest absolute Gasteiger partial charge is 0.270 e. The monoisotopic (exact) mass is 383 g/mol. The van der Waals surface area contributed by atoms with E-state index in [4.69, 9.17) is 16.3 Å². The van der Waals surface area contributed by atoms with E-state index in [9.17, 15) is 9.59 Å². The summed E-state index contributed by atoms with van der Waals surface area (Å²) in [7, 11) is 1.60. The average Bonchev–Trinajstić information content (AvgIpc) is 2.67. The number of ether oxygens (including phenoxy) is 1. The van der Waals surface area contributed by atoms with E-state index in [1.165, 1.54) is 6.07 Å². The molecule has 1 heterocycles. The first-order valence-corrected chi connectivity index (χ1v) is 8.68. The molecule has 0 radical (unpaired) electrons. The van der Waals surface area contributed by atoms with Crippen molar-refractivity contribution >= 4 is 17.5 Å². The van der Waals surface area contributed by atoms with Gasteiger partial charge in [0.05, 0.1) is 7.11 Å². The van der Waals surface area contributed by atoms with E-state index in [1.54, 1.807) is 13.2 Å². The average molecular weight is 384 g/mol. The molecule has 0 spiro atoms. The van der Waals surface area contributed by atoms with Gasteiger partial charge in [0.1, 0.15) is 17.3 Å². The highest BCUT2D eigenvalue weighted by Crippen LogP contribution is 2.15. The van der Waals surface area contributed by atoms with Gasteiger partial charge in [-0.05, 0) is 29.3 Å². The van der Waals surface area contributed by atoms with E-state index < -0.39 is 5.91 Å². The number of carbonyl (C=O) groups is 1. The first-order chi connectivity index (χ1) is 13.0. The number of aromatic nitrogens is 2. The van der Waals surface area contributed by atoms with Gasteiger partial charge in [-0.1, -0.05) is 41.9 Å². The SMILES string of the molecule is COc1ccc(Cc2nc(C(=O)NCc3ccccc3Cl)cc(=O)[nH]2)cc1. The van der Waals surface area contributed by atoms with Crippen molar-refractivity contribution in [1.29, 1.82) is 0 Å². The first-order valence-electron chi connectivity index (χ1n) is 8.30. The van der Waals surface area contributed by atoms with Crippen molar-refractivity contribution in [2.45, 2.75) is 13.0 Å². The van der Waals surface area contributed by atoms with Gasteiger partial charge in [0, 0.05) is 24.1 Å². The van der Waals surface area contributed by atoms with Gasteiger partial charge in [0.15, 0.2) is 0 Å². The second-order valence-corrected chi connectivity index (χ2v) is 6.28. The Balaban J connectivity index is 1.73. The fourth-order valence-electron chi connectivity index (χ4n) is 2.55. The van der Waals surface area contributed by atoms with Crippen molar-refractivity contribution in [1.82, 2.24) is 15.3 Å². The molecule has 3 rings (SSSR count). The van der Waals surface area contributed by atoms with E-state index in [2.05, 4.69) is 15.3 Å². The maximum absolute atomic E-state index is 12.4. The quantitative estimate of drug-likeness (QED) is 0.685. The third kappa shape index (κ3) is 4.95. The number of hydrogen-bond acceptors (Lipinski definition) is 4. The Morgan fingerprint density at radius 2 is 1.93 bits per heavy atom. The number of methoxy groups -OCH3 is 1. The zero-order valence-electron chi connectivity index (χ0n) is 14.7. The van der Waals surface area contributed by atoms with Crippen molar-refractivity contribution in [3.63, 3.8) is 0 Å². The van der Waals surface area contributed by atoms with Gasteiger partial charge in [-0.25, -0.2) is 4.98 Å². The number of hydrogen-bond donors (Lipinski definition) is 2. The molecule has 0 unspecified atom stereocenters. The number of aromatic amines is 1. The molecular formula is C20H18ClN3O3. The molecule has 7 heteroatoms. The maximum Gasteiger partial charge on any atom is 0.270 e. The van der Waals surface area contributed by atoms with Crippen molar-refractivity contribution in [3.05, 3.63) is 92.6 Å². The summed E-state index contributed by atoms with van der Waals surface area (Å²) in [6, 6.07) is 15.8. The van der Waals surface area contributed by atoms with E-state index in [-0.39, 0.29) is 17.8 Å². The van der Waals surface area contributed by atoms with Crippen LogP contribution in [-0.4, -0.2) is 23.0 Å². The number of rotatable bonds is 6. The minimum absolute atomic E-state index is 0.0642. The van der Waals surface area contributed by atoms with Gasteiger partial charge in [-0.3, -0.25) is 9.59 Å². The standard InChI is InChI=1S/C20H18ClN3O3/c1-27-15-8-6-13(7-9-15)10-18-23-17(11-19(25)24-18)20(26)22-12-14-4-2-3-5-16(14)21/h2-9,11H,10,12H2,1H3,(H,22,26)(H,23,24,25). The molecule has 0 aliphatic heterocycles. The van der Waals surface area contributed by atoms with Crippen LogP contribution in [0.15, 0.2) is 59.4 Å². The second-order valence-electron chi connectivity index (χ2n) is 5.88. The fraction of sp³-hybridized carbons (Fsp3) is 0.150. The molecule has 2 N–H and O–H groups in total. The molecule has 0 aliphatic carbocycles. The topological polar surface area (TPSA) is 84.1 Å². The minimum atomic E-state index is -0.433. The summed E-state index contributed by atoms with van der Waals surface area (Å²) in [5, 5.41) is 3.30. The summed E-state index contributed by atoms with van der Waals surface area (Å²) in [6.07, 6.45) is 0.394. The van der Waals surface area contributed by atoms with E-state index in [0.717, 1.165) is 16.9 Å². The molecule has 1 aromatic heterocycles. The number of halogens is 1. The zero-order valence-corrected chi connectivity index (χ0v) is 15.4. The van der Waals surface area contributed by atoms with Crippen LogP contribution in [-0.2, 0) is 13.0 Å². The molecule has 27 heavy (non-hydrogen) atoms. The molecule has 6 nitrogen and oxygen atoms in total. The van der Waals surface area contributed by atoms with E-state index >= 15 is 0 Å². The van der Waals surface area contributed by atoms with Crippen LogP contribution in [0.4, 0.5) is 0 Å². The highest BCUT2D eigenvalue weighted by molar-refractivity contribution is 6.31. The molecule has 3 aromatic rings. The molecule has 2 aromatic carbocycles. The molecule has 138 valence electrons. The molecule has 0 saturated heterocycles. The second kappa shape index (κ2) is 8.51. The summed E-state index contributed by atoms with van der Waals surface area (Å²) < 4.78 is 5.13. The van der Waals surface area contributed by atoms with Crippen molar-refractivity contribution < 1.29 is 9.53 Å². The summed E-state index contributed by atoms with van der Waals surface area (Å²) in [6.45, 7) is 0.251. The van der Waals surface area contributed by atoms with Gasteiger partial charge in [0.2, 0.25) is 0 Å². The van der Waals surface area contributed by atoms with Crippen LogP contribution in [0, 0.1) is 0 Å². The van der Waals surface area contributed by atoms with Crippen LogP contribution in [0.1, 0.15) is 27.4 Å². The number of H-pyrrole nitrogens is 1. The summed E-state index contributed by atoms with van der Waals surface area (Å²) in [5.74, 6) is 0.723. The largest absolute Gasteiger partial charge is 0.497 e. The number of nitrogens with one attached hydrogen (secondary N) is 2. The number of nitrogens with zero attached hydrogens (tertiary/aromatic N) is 1. The fourth-order valence-corrected chi connectivity index (χ4v) is 2.76. The molecule has 1 amide bonds. The third-order valence-electron chi connectivity index (χ3n) is 3.95. The van der Waals surface area contributed by atoms with E-state index in [0.29, 0.717) is 17.3 Å². The van der Waals surface area contributed by atoms with Crippen LogP contribution in [0.25, 0.3) is 0 Å². The number of amides is 1. The summed E-state index contributed by atoms with van der Waals surface area (Å²) in [5.41, 5.74) is 1.41. The highest BCUT2D eigenvalue weighted by atomic mass is 35.5. The van der Waals surface area contributed by atoms with Gasteiger partial charge in [-0.15, -0.1) is 0 Å². The van der Waals surface area contributed by atoms with Gasteiger partial charge in [-0.2, -0.15) is 0 Å². The first kappa shape index (κ1) is 18.7. The molecule has 0 fully saturated rings. The Bertz CT molecular complexity index is 1000. The van der Waals surface area contributed by atoms with Crippen molar-refractivity contribution in [2.75, 3.05) is 7.11 Å². The Labute approximate surface area is 161 Å².